The largest absolute Gasteiger partial charge is 0.495 e. The van der Waals surface area contributed by atoms with E-state index in [0.717, 1.165) is 39.8 Å². The Morgan fingerprint density at radius 3 is 2.57 bits per heavy atom. The third-order valence-corrected chi connectivity index (χ3v) is 5.96. The van der Waals surface area contributed by atoms with Gasteiger partial charge in [0.1, 0.15) is 5.75 Å². The Morgan fingerprint density at radius 2 is 2.00 bits per heavy atom. The minimum absolute atomic E-state index is 0.176. The quantitative estimate of drug-likeness (QED) is 0.683. The highest BCUT2D eigenvalue weighted by atomic mass is 79.9. The second kappa shape index (κ2) is 6.88. The fourth-order valence-electron chi connectivity index (χ4n) is 2.96. The van der Waals surface area contributed by atoms with Gasteiger partial charge in [-0.3, -0.25) is 0 Å². The summed E-state index contributed by atoms with van der Waals surface area (Å²) in [5, 5.41) is 3.65. The van der Waals surface area contributed by atoms with Crippen molar-refractivity contribution in [2.45, 2.75) is 45.8 Å². The third-order valence-electron chi connectivity index (χ3n) is 4.68. The average Bonchev–Trinajstić information content (AvgIpc) is 2.47. The maximum atomic E-state index is 5.86. The molecule has 3 unspecified atom stereocenters. The van der Waals surface area contributed by atoms with Crippen molar-refractivity contribution in [2.24, 2.45) is 5.41 Å². The van der Waals surface area contributed by atoms with Crippen LogP contribution >= 0.6 is 31.9 Å². The van der Waals surface area contributed by atoms with Crippen LogP contribution in [0, 0.1) is 5.41 Å². The molecule has 0 heterocycles. The molecule has 1 N–H and O–H groups in total. The maximum Gasteiger partial charge on any atom is 0.135 e. The molecular weight excluding hydrogens is 398 g/mol. The van der Waals surface area contributed by atoms with Gasteiger partial charge < -0.3 is 14.8 Å². The van der Waals surface area contributed by atoms with Crippen molar-refractivity contribution in [1.29, 1.82) is 0 Å². The summed E-state index contributed by atoms with van der Waals surface area (Å²) in [6.45, 7) is 7.38. The number of rotatable bonds is 6. The Kier molecular flexibility index (Phi) is 5.60. The predicted octanol–water partition coefficient (Wildman–Crippen LogP) is 5.23. The van der Waals surface area contributed by atoms with Crippen molar-refractivity contribution in [3.63, 3.8) is 0 Å². The zero-order valence-corrected chi connectivity index (χ0v) is 16.2. The van der Waals surface area contributed by atoms with Crippen LogP contribution in [0.2, 0.25) is 0 Å². The van der Waals surface area contributed by atoms with E-state index < -0.39 is 0 Å². The van der Waals surface area contributed by atoms with E-state index in [9.17, 15) is 0 Å². The third kappa shape index (κ3) is 3.25. The Balaban J connectivity index is 2.16. The molecule has 0 spiro atoms. The fraction of sp³-hybridized carbons (Fsp3) is 0.625. The first-order chi connectivity index (χ1) is 9.96. The lowest BCUT2D eigenvalue weighted by Crippen LogP contribution is -2.59. The number of hydrogen-bond acceptors (Lipinski definition) is 3. The molecule has 1 aromatic carbocycles. The number of anilines is 1. The smallest absolute Gasteiger partial charge is 0.135 e. The van der Waals surface area contributed by atoms with Crippen LogP contribution in [0.15, 0.2) is 21.1 Å². The van der Waals surface area contributed by atoms with Gasteiger partial charge in [-0.25, -0.2) is 0 Å². The first kappa shape index (κ1) is 17.1. The average molecular weight is 421 g/mol. The fourth-order valence-corrected chi connectivity index (χ4v) is 4.23. The van der Waals surface area contributed by atoms with Crippen LogP contribution < -0.4 is 10.1 Å². The van der Waals surface area contributed by atoms with Crippen LogP contribution in [-0.4, -0.2) is 25.9 Å². The lowest BCUT2D eigenvalue weighted by Gasteiger charge is -2.54. The maximum absolute atomic E-state index is 5.86. The Morgan fingerprint density at radius 1 is 1.29 bits per heavy atom. The van der Waals surface area contributed by atoms with Crippen molar-refractivity contribution in [2.75, 3.05) is 19.0 Å². The van der Waals surface area contributed by atoms with Crippen LogP contribution in [-0.2, 0) is 4.74 Å². The standard InChI is InChI=1S/C16H23Br2NO2/c1-5-16(3)14(9-15(16)21-6-2)19-12-8-13(20-4)11(18)7-10(12)17/h7-8,14-15,19H,5-6,9H2,1-4H3. The molecule has 0 aromatic heterocycles. The molecular formula is C16H23Br2NO2. The van der Waals surface area contributed by atoms with Gasteiger partial charge in [0.2, 0.25) is 0 Å². The number of halogens is 2. The van der Waals surface area contributed by atoms with Crippen molar-refractivity contribution in [3.8, 4) is 5.75 Å². The molecule has 0 aliphatic heterocycles. The Bertz CT molecular complexity index is 509. The Labute approximate surface area is 144 Å². The van der Waals surface area contributed by atoms with E-state index in [1.54, 1.807) is 7.11 Å². The molecule has 21 heavy (non-hydrogen) atoms. The topological polar surface area (TPSA) is 30.5 Å². The second-order valence-corrected chi connectivity index (χ2v) is 7.41. The van der Waals surface area contributed by atoms with E-state index in [4.69, 9.17) is 9.47 Å². The molecule has 118 valence electrons. The molecule has 1 fully saturated rings. The molecule has 2 rings (SSSR count). The SMILES string of the molecule is CCOC1CC(Nc2cc(OC)c(Br)cc2Br)C1(C)CC. The van der Waals surface area contributed by atoms with E-state index in [-0.39, 0.29) is 5.41 Å². The van der Waals surface area contributed by atoms with E-state index >= 15 is 0 Å². The Hall–Kier alpha value is -0.260. The first-order valence-electron chi connectivity index (χ1n) is 7.37. The van der Waals surface area contributed by atoms with Gasteiger partial charge in [-0.2, -0.15) is 0 Å². The highest BCUT2D eigenvalue weighted by Gasteiger charge is 2.51. The summed E-state index contributed by atoms with van der Waals surface area (Å²) in [7, 11) is 1.68. The van der Waals surface area contributed by atoms with Crippen molar-refractivity contribution in [1.82, 2.24) is 0 Å². The normalized spacial score (nSPS) is 28.1. The summed E-state index contributed by atoms with van der Waals surface area (Å²) in [5.74, 6) is 0.833. The molecule has 5 heteroatoms. The summed E-state index contributed by atoms with van der Waals surface area (Å²) >= 11 is 7.12. The number of benzene rings is 1. The highest BCUT2D eigenvalue weighted by Crippen LogP contribution is 2.48. The molecule has 1 aliphatic rings. The van der Waals surface area contributed by atoms with E-state index in [1.165, 1.54) is 0 Å². The van der Waals surface area contributed by atoms with Crippen LogP contribution in [0.25, 0.3) is 0 Å². The van der Waals surface area contributed by atoms with Gasteiger partial charge >= 0.3 is 0 Å². The van der Waals surface area contributed by atoms with Gasteiger partial charge in [0, 0.05) is 28.6 Å². The summed E-state index contributed by atoms with van der Waals surface area (Å²) in [4.78, 5) is 0. The van der Waals surface area contributed by atoms with Crippen LogP contribution in [0.1, 0.15) is 33.6 Å². The van der Waals surface area contributed by atoms with Crippen LogP contribution in [0.5, 0.6) is 5.75 Å². The second-order valence-electron chi connectivity index (χ2n) is 5.70. The molecule has 3 atom stereocenters. The molecule has 0 radical (unpaired) electrons. The highest BCUT2D eigenvalue weighted by molar-refractivity contribution is 9.11. The first-order valence-corrected chi connectivity index (χ1v) is 8.96. The molecule has 0 bridgehead atoms. The number of methoxy groups -OCH3 is 1. The summed E-state index contributed by atoms with van der Waals surface area (Å²) < 4.78 is 13.2. The molecule has 1 aromatic rings. The molecule has 0 saturated heterocycles. The summed E-state index contributed by atoms with van der Waals surface area (Å²) in [6, 6.07) is 4.46. The number of nitrogens with one attached hydrogen (secondary N) is 1. The lowest BCUT2D eigenvalue weighted by atomic mass is 9.61. The van der Waals surface area contributed by atoms with Gasteiger partial charge in [-0.1, -0.05) is 13.8 Å². The summed E-state index contributed by atoms with van der Waals surface area (Å²) in [5.41, 5.74) is 1.24. The van der Waals surface area contributed by atoms with E-state index in [1.807, 2.05) is 12.1 Å². The van der Waals surface area contributed by atoms with Gasteiger partial charge in [0.05, 0.1) is 23.4 Å². The molecule has 1 saturated carbocycles. The van der Waals surface area contributed by atoms with Crippen LogP contribution in [0.4, 0.5) is 5.69 Å². The van der Waals surface area contributed by atoms with E-state index in [0.29, 0.717) is 12.1 Å². The van der Waals surface area contributed by atoms with Gasteiger partial charge in [-0.05, 0) is 57.7 Å². The molecule has 0 amide bonds. The monoisotopic (exact) mass is 419 g/mol. The van der Waals surface area contributed by atoms with Crippen molar-refractivity contribution >= 4 is 37.5 Å². The van der Waals surface area contributed by atoms with Gasteiger partial charge in [0.15, 0.2) is 0 Å². The van der Waals surface area contributed by atoms with Crippen molar-refractivity contribution in [3.05, 3.63) is 21.1 Å². The van der Waals surface area contributed by atoms with Crippen molar-refractivity contribution < 1.29 is 9.47 Å². The predicted molar refractivity (Wildman–Crippen MR) is 94.2 cm³/mol. The minimum atomic E-state index is 0.176. The lowest BCUT2D eigenvalue weighted by molar-refractivity contribution is -0.109. The number of ether oxygens (including phenoxy) is 2. The van der Waals surface area contributed by atoms with Crippen LogP contribution in [0.3, 0.4) is 0 Å². The molecule has 1 aliphatic carbocycles. The minimum Gasteiger partial charge on any atom is -0.495 e. The molecule has 3 nitrogen and oxygen atoms in total. The van der Waals surface area contributed by atoms with Gasteiger partial charge in [-0.15, -0.1) is 0 Å². The van der Waals surface area contributed by atoms with Gasteiger partial charge in [0.25, 0.3) is 0 Å². The number of hydrogen-bond donors (Lipinski definition) is 1. The van der Waals surface area contributed by atoms with E-state index in [2.05, 4.69) is 57.9 Å². The zero-order valence-electron chi connectivity index (χ0n) is 13.0. The zero-order chi connectivity index (χ0) is 15.6. The summed E-state index contributed by atoms with van der Waals surface area (Å²) in [6.07, 6.45) is 2.49.